The van der Waals surface area contributed by atoms with Gasteiger partial charge < -0.3 is 25.8 Å². The number of halogens is 1. The zero-order valence-corrected chi connectivity index (χ0v) is 19.3. The van der Waals surface area contributed by atoms with Crippen LogP contribution in [0.15, 0.2) is 48.7 Å². The van der Waals surface area contributed by atoms with Gasteiger partial charge in [-0.2, -0.15) is 0 Å². The van der Waals surface area contributed by atoms with Crippen molar-refractivity contribution >= 4 is 51.6 Å². The number of nitrogens with zero attached hydrogens (tertiary/aromatic N) is 1. The molecular weight excluding hydrogens is 454 g/mol. The van der Waals surface area contributed by atoms with E-state index in [0.29, 0.717) is 29.4 Å². The van der Waals surface area contributed by atoms with Crippen LogP contribution in [0.5, 0.6) is 0 Å². The average molecular weight is 480 g/mol. The molecule has 1 saturated carbocycles. The molecule has 0 spiro atoms. The maximum Gasteiger partial charge on any atom is 0.251 e. The highest BCUT2D eigenvalue weighted by atomic mass is 35.5. The number of anilines is 2. The zero-order valence-electron chi connectivity index (χ0n) is 18.6. The largest absolute Gasteiger partial charge is 0.360 e. The lowest BCUT2D eigenvalue weighted by Crippen LogP contribution is -2.48. The van der Waals surface area contributed by atoms with Gasteiger partial charge in [0.25, 0.3) is 5.91 Å². The molecule has 0 bridgehead atoms. The van der Waals surface area contributed by atoms with Crippen molar-refractivity contribution in [2.24, 2.45) is 5.92 Å². The van der Waals surface area contributed by atoms with Crippen LogP contribution in [0.3, 0.4) is 0 Å². The van der Waals surface area contributed by atoms with E-state index in [9.17, 15) is 14.4 Å². The maximum atomic E-state index is 13.0. The van der Waals surface area contributed by atoms with E-state index < -0.39 is 0 Å². The Morgan fingerprint density at radius 2 is 1.91 bits per heavy atom. The molecule has 1 saturated heterocycles. The number of nitrogens with one attached hydrogen (secondary N) is 4. The van der Waals surface area contributed by atoms with Crippen LogP contribution in [0.25, 0.3) is 10.9 Å². The Hall–Kier alpha value is -3.36. The quantitative estimate of drug-likeness (QED) is 0.450. The lowest BCUT2D eigenvalue weighted by Gasteiger charge is -2.27. The van der Waals surface area contributed by atoms with Crippen LogP contribution in [-0.4, -0.2) is 48.4 Å². The van der Waals surface area contributed by atoms with Crippen LogP contribution < -0.4 is 20.9 Å². The van der Waals surface area contributed by atoms with E-state index >= 15 is 0 Å². The number of aromatic nitrogens is 1. The van der Waals surface area contributed by atoms with E-state index in [0.717, 1.165) is 42.4 Å². The molecule has 2 heterocycles. The molecule has 1 aliphatic carbocycles. The Balaban J connectivity index is 1.22. The van der Waals surface area contributed by atoms with Gasteiger partial charge in [-0.05, 0) is 49.2 Å². The fourth-order valence-corrected chi connectivity index (χ4v) is 4.99. The molecular formula is C25H26ClN5O3. The number of carbonyl (C=O) groups is 3. The number of hydrogen-bond acceptors (Lipinski definition) is 4. The highest BCUT2D eigenvalue weighted by Crippen LogP contribution is 2.29. The number of carbonyl (C=O) groups excluding carboxylic acids is 3. The Morgan fingerprint density at radius 1 is 1.09 bits per heavy atom. The Morgan fingerprint density at radius 3 is 2.71 bits per heavy atom. The molecule has 4 N–H and O–H groups in total. The molecule has 176 valence electrons. The molecule has 2 aliphatic rings. The summed E-state index contributed by atoms with van der Waals surface area (Å²) in [5, 5.41) is 10.5. The summed E-state index contributed by atoms with van der Waals surface area (Å²) in [4.78, 5) is 42.7. The van der Waals surface area contributed by atoms with Crippen LogP contribution in [0.1, 0.15) is 29.6 Å². The lowest BCUT2D eigenvalue weighted by molar-refractivity contribution is -0.120. The summed E-state index contributed by atoms with van der Waals surface area (Å²) in [5.41, 5.74) is 2.80. The fraction of sp³-hybridized carbons (Fsp3) is 0.320. The minimum Gasteiger partial charge on any atom is -0.360 e. The fourth-order valence-electron chi connectivity index (χ4n) is 4.77. The molecule has 34 heavy (non-hydrogen) atoms. The number of benzene rings is 2. The van der Waals surface area contributed by atoms with Crippen LogP contribution in [-0.2, 0) is 9.59 Å². The summed E-state index contributed by atoms with van der Waals surface area (Å²) in [6.45, 7) is 1.71. The third-order valence-corrected chi connectivity index (χ3v) is 6.91. The first-order valence-electron chi connectivity index (χ1n) is 11.5. The Labute approximate surface area is 202 Å². The number of fused-ring (bicyclic) bond motifs is 1. The molecule has 0 unspecified atom stereocenters. The Bertz CT molecular complexity index is 1240. The molecule has 1 aliphatic heterocycles. The summed E-state index contributed by atoms with van der Waals surface area (Å²) in [6, 6.07) is 12.4. The minimum atomic E-state index is -0.304. The van der Waals surface area contributed by atoms with E-state index in [1.54, 1.807) is 23.2 Å². The van der Waals surface area contributed by atoms with Gasteiger partial charge in [0.1, 0.15) is 0 Å². The smallest absolute Gasteiger partial charge is 0.251 e. The summed E-state index contributed by atoms with van der Waals surface area (Å²) in [7, 11) is 0. The first-order chi connectivity index (χ1) is 16.5. The van der Waals surface area contributed by atoms with Gasteiger partial charge in [-0.25, -0.2) is 0 Å². The third kappa shape index (κ3) is 4.51. The molecule has 8 nitrogen and oxygen atoms in total. The second-order valence-electron chi connectivity index (χ2n) is 8.77. The highest BCUT2D eigenvalue weighted by molar-refractivity contribution is 6.35. The molecule has 1 aromatic heterocycles. The van der Waals surface area contributed by atoms with Gasteiger partial charge in [0.2, 0.25) is 11.8 Å². The predicted molar refractivity (Wildman–Crippen MR) is 132 cm³/mol. The molecule has 5 rings (SSSR count). The van der Waals surface area contributed by atoms with Crippen molar-refractivity contribution in [2.75, 3.05) is 29.9 Å². The summed E-state index contributed by atoms with van der Waals surface area (Å²) < 4.78 is 0. The van der Waals surface area contributed by atoms with Gasteiger partial charge in [-0.15, -0.1) is 0 Å². The van der Waals surface area contributed by atoms with Crippen molar-refractivity contribution in [3.63, 3.8) is 0 Å². The molecule has 0 radical (unpaired) electrons. The van der Waals surface area contributed by atoms with Crippen molar-refractivity contribution in [3.8, 4) is 0 Å². The van der Waals surface area contributed by atoms with Crippen LogP contribution in [0.2, 0.25) is 5.02 Å². The summed E-state index contributed by atoms with van der Waals surface area (Å²) in [6.07, 6.45) is 4.04. The standard InChI is InChI=1S/C25H26ClN5O3/c26-20-13-28-22-12-15(4-9-18(20)22)24(33)30-21-3-1-2-19(21)25(34)29-16-5-7-17(8-6-16)31-11-10-27-14-23(31)32/h4-9,12-13,19,21,27-28H,1-3,10-11,14H2,(H,29,34)(H,30,33)/t19-,21+/m0/s1. The zero-order chi connectivity index (χ0) is 23.7. The van der Waals surface area contributed by atoms with E-state index in [2.05, 4.69) is 20.9 Å². The molecule has 9 heteroatoms. The predicted octanol–water partition coefficient (Wildman–Crippen LogP) is 3.29. The second-order valence-corrected chi connectivity index (χ2v) is 9.18. The average Bonchev–Trinajstić information content (AvgIpc) is 3.46. The van der Waals surface area contributed by atoms with Gasteiger partial charge >= 0.3 is 0 Å². The monoisotopic (exact) mass is 479 g/mol. The van der Waals surface area contributed by atoms with E-state index in [4.69, 9.17) is 11.6 Å². The number of aromatic amines is 1. The third-order valence-electron chi connectivity index (χ3n) is 6.60. The highest BCUT2D eigenvalue weighted by Gasteiger charge is 2.34. The van der Waals surface area contributed by atoms with Gasteiger partial charge in [0.05, 0.1) is 17.5 Å². The molecule has 2 fully saturated rings. The van der Waals surface area contributed by atoms with Gasteiger partial charge in [0, 0.05) is 53.2 Å². The number of amides is 3. The Kier molecular flexibility index (Phi) is 6.26. The number of H-pyrrole nitrogens is 1. The van der Waals surface area contributed by atoms with Crippen molar-refractivity contribution < 1.29 is 14.4 Å². The summed E-state index contributed by atoms with van der Waals surface area (Å²) in [5.74, 6) is -0.587. The normalized spacial score (nSPS) is 20.5. The van der Waals surface area contributed by atoms with E-state index in [1.165, 1.54) is 0 Å². The molecule has 3 amide bonds. The van der Waals surface area contributed by atoms with Crippen molar-refractivity contribution in [3.05, 3.63) is 59.2 Å². The SMILES string of the molecule is O=C(N[C@@H]1CCC[C@@H]1C(=O)Nc1ccc(N2CCNCC2=O)cc1)c1ccc2c(Cl)c[nH]c2c1. The minimum absolute atomic E-state index is 0.0334. The van der Waals surface area contributed by atoms with Crippen LogP contribution in [0.4, 0.5) is 11.4 Å². The second kappa shape index (κ2) is 9.48. The summed E-state index contributed by atoms with van der Waals surface area (Å²) >= 11 is 6.12. The number of hydrogen-bond donors (Lipinski definition) is 4. The van der Waals surface area contributed by atoms with Crippen molar-refractivity contribution in [2.45, 2.75) is 25.3 Å². The number of piperazine rings is 1. The first kappa shape index (κ1) is 22.4. The lowest BCUT2D eigenvalue weighted by atomic mass is 10.0. The van der Waals surface area contributed by atoms with E-state index in [-0.39, 0.29) is 29.7 Å². The van der Waals surface area contributed by atoms with Gasteiger partial charge in [-0.1, -0.05) is 24.1 Å². The molecule has 2 atom stereocenters. The van der Waals surface area contributed by atoms with Crippen molar-refractivity contribution in [1.82, 2.24) is 15.6 Å². The topological polar surface area (TPSA) is 106 Å². The molecule has 2 aromatic carbocycles. The van der Waals surface area contributed by atoms with Gasteiger partial charge in [-0.3, -0.25) is 14.4 Å². The van der Waals surface area contributed by atoms with Gasteiger partial charge in [0.15, 0.2) is 0 Å². The van der Waals surface area contributed by atoms with E-state index in [1.807, 2.05) is 30.3 Å². The van der Waals surface area contributed by atoms with Crippen LogP contribution >= 0.6 is 11.6 Å². The maximum absolute atomic E-state index is 13.0. The first-order valence-corrected chi connectivity index (χ1v) is 11.9. The van der Waals surface area contributed by atoms with Crippen molar-refractivity contribution in [1.29, 1.82) is 0 Å². The molecule has 3 aromatic rings. The van der Waals surface area contributed by atoms with Crippen LogP contribution in [0, 0.1) is 5.92 Å². The number of rotatable bonds is 5.